The van der Waals surface area contributed by atoms with Crippen molar-refractivity contribution in [1.82, 2.24) is 0 Å². The van der Waals surface area contributed by atoms with Gasteiger partial charge in [0.25, 0.3) is 0 Å². The largest absolute Gasteiger partial charge is 0.461 e. The Balaban J connectivity index is 2.24. The van der Waals surface area contributed by atoms with Crippen LogP contribution in [0.15, 0.2) is 0 Å². The Kier molecular flexibility index (Phi) is 2.46. The highest BCUT2D eigenvalue weighted by Gasteiger charge is 2.25. The zero-order valence-corrected chi connectivity index (χ0v) is 6.33. The fourth-order valence-corrected chi connectivity index (χ4v) is 0.771. The molecule has 0 aromatic carbocycles. The van der Waals surface area contributed by atoms with Crippen molar-refractivity contribution in [1.29, 1.82) is 0 Å². The Morgan fingerprint density at radius 2 is 1.91 bits per heavy atom. The van der Waals surface area contributed by atoms with Crippen LogP contribution in [0.4, 0.5) is 0 Å². The molecule has 1 aliphatic rings. The number of hydrogen-bond acceptors (Lipinski definition) is 4. The molecule has 0 aromatic rings. The van der Waals surface area contributed by atoms with Crippen molar-refractivity contribution in [2.24, 2.45) is 0 Å². The lowest BCUT2D eigenvalue weighted by atomic mass is 9.96. The van der Waals surface area contributed by atoms with Crippen molar-refractivity contribution in [2.75, 3.05) is 7.11 Å². The molecule has 0 unspecified atom stereocenters. The first-order chi connectivity index (χ1) is 5.24. The number of ether oxygens (including phenoxy) is 2. The number of methoxy groups -OCH3 is 1. The summed E-state index contributed by atoms with van der Waals surface area (Å²) in [6.07, 6.45) is 2.74. The second-order valence-electron chi connectivity index (χ2n) is 2.45. The third-order valence-corrected chi connectivity index (χ3v) is 1.68. The highest BCUT2D eigenvalue weighted by molar-refractivity contribution is 6.29. The van der Waals surface area contributed by atoms with Crippen LogP contribution in [0.2, 0.25) is 0 Å². The summed E-state index contributed by atoms with van der Waals surface area (Å²) in [7, 11) is 1.16. The molecule has 0 saturated heterocycles. The number of rotatable bonds is 1. The van der Waals surface area contributed by atoms with E-state index in [2.05, 4.69) is 4.74 Å². The van der Waals surface area contributed by atoms with Crippen LogP contribution in [0.1, 0.15) is 19.3 Å². The van der Waals surface area contributed by atoms with Gasteiger partial charge >= 0.3 is 11.9 Å². The number of esters is 2. The summed E-state index contributed by atoms with van der Waals surface area (Å²) in [5.74, 6) is -1.80. The fraction of sp³-hybridized carbons (Fsp3) is 0.714. The molecule has 1 fully saturated rings. The maximum Gasteiger partial charge on any atom is 0.417 e. The minimum Gasteiger partial charge on any atom is -0.461 e. The Bertz CT molecular complexity index is 171. The third kappa shape index (κ3) is 1.93. The lowest BCUT2D eigenvalue weighted by molar-refractivity contribution is -0.171. The first kappa shape index (κ1) is 8.04. The van der Waals surface area contributed by atoms with Crippen molar-refractivity contribution in [3.8, 4) is 0 Å². The van der Waals surface area contributed by atoms with E-state index in [1.54, 1.807) is 0 Å². The van der Waals surface area contributed by atoms with Gasteiger partial charge in [0.1, 0.15) is 6.10 Å². The number of carbonyl (C=O) groups excluding carboxylic acids is 2. The summed E-state index contributed by atoms with van der Waals surface area (Å²) in [5, 5.41) is 0. The Labute approximate surface area is 64.5 Å². The van der Waals surface area contributed by atoms with Crippen molar-refractivity contribution in [3.05, 3.63) is 0 Å². The maximum absolute atomic E-state index is 10.7. The normalized spacial score (nSPS) is 16.8. The molecule has 0 spiro atoms. The Hall–Kier alpha value is -1.06. The van der Waals surface area contributed by atoms with Gasteiger partial charge in [0.15, 0.2) is 0 Å². The molecule has 0 atom stereocenters. The lowest BCUT2D eigenvalue weighted by Gasteiger charge is -2.24. The van der Waals surface area contributed by atoms with Gasteiger partial charge in [-0.2, -0.15) is 0 Å². The van der Waals surface area contributed by atoms with E-state index >= 15 is 0 Å². The van der Waals surface area contributed by atoms with Gasteiger partial charge in [0.05, 0.1) is 7.11 Å². The third-order valence-electron chi connectivity index (χ3n) is 1.68. The molecule has 4 nitrogen and oxygen atoms in total. The van der Waals surface area contributed by atoms with E-state index in [0.29, 0.717) is 0 Å². The molecule has 0 N–H and O–H groups in total. The second-order valence-corrected chi connectivity index (χ2v) is 2.45. The highest BCUT2D eigenvalue weighted by atomic mass is 16.6. The molecule has 11 heavy (non-hydrogen) atoms. The lowest BCUT2D eigenvalue weighted by Crippen LogP contribution is -2.29. The van der Waals surface area contributed by atoms with Crippen molar-refractivity contribution < 1.29 is 19.1 Å². The quantitative estimate of drug-likeness (QED) is 0.405. The summed E-state index contributed by atoms with van der Waals surface area (Å²) >= 11 is 0. The SMILES string of the molecule is COC(=O)C(=O)OC1CCC1. The molecular formula is C7H10O4. The zero-order valence-electron chi connectivity index (χ0n) is 6.33. The van der Waals surface area contributed by atoms with Crippen LogP contribution in [0.3, 0.4) is 0 Å². The predicted molar refractivity (Wildman–Crippen MR) is 35.7 cm³/mol. The summed E-state index contributed by atoms with van der Waals surface area (Å²) < 4.78 is 8.89. The summed E-state index contributed by atoms with van der Waals surface area (Å²) in [6.45, 7) is 0. The minimum absolute atomic E-state index is 0.0541. The van der Waals surface area contributed by atoms with E-state index in [4.69, 9.17) is 4.74 Å². The first-order valence-electron chi connectivity index (χ1n) is 3.53. The van der Waals surface area contributed by atoms with Crippen molar-refractivity contribution in [3.63, 3.8) is 0 Å². The first-order valence-corrected chi connectivity index (χ1v) is 3.53. The van der Waals surface area contributed by atoms with Crippen LogP contribution in [-0.2, 0) is 19.1 Å². The van der Waals surface area contributed by atoms with E-state index < -0.39 is 11.9 Å². The summed E-state index contributed by atoms with van der Waals surface area (Å²) in [5.41, 5.74) is 0. The molecule has 1 saturated carbocycles. The topological polar surface area (TPSA) is 52.6 Å². The molecule has 0 radical (unpaired) electrons. The molecule has 0 bridgehead atoms. The molecule has 62 valence electrons. The average molecular weight is 158 g/mol. The van der Waals surface area contributed by atoms with Gasteiger partial charge in [-0.3, -0.25) is 0 Å². The van der Waals surface area contributed by atoms with Gasteiger partial charge < -0.3 is 9.47 Å². The van der Waals surface area contributed by atoms with Crippen LogP contribution in [0.5, 0.6) is 0 Å². The molecule has 0 aliphatic heterocycles. The van der Waals surface area contributed by atoms with Gasteiger partial charge in [0, 0.05) is 0 Å². The molecule has 0 amide bonds. The molecule has 1 aliphatic carbocycles. The standard InChI is InChI=1S/C7H10O4/c1-10-6(8)7(9)11-5-3-2-4-5/h5H,2-4H2,1H3. The Morgan fingerprint density at radius 3 is 2.27 bits per heavy atom. The monoisotopic (exact) mass is 158 g/mol. The minimum atomic E-state index is -0.920. The Morgan fingerprint density at radius 1 is 1.27 bits per heavy atom. The second kappa shape index (κ2) is 3.37. The smallest absolute Gasteiger partial charge is 0.417 e. The van der Waals surface area contributed by atoms with Gasteiger partial charge in [-0.1, -0.05) is 0 Å². The number of hydrogen-bond donors (Lipinski definition) is 0. The molecular weight excluding hydrogens is 148 g/mol. The maximum atomic E-state index is 10.7. The predicted octanol–water partition coefficient (Wildman–Crippen LogP) is 0.255. The molecule has 0 heterocycles. The molecule has 4 heteroatoms. The van der Waals surface area contributed by atoms with Crippen LogP contribution >= 0.6 is 0 Å². The van der Waals surface area contributed by atoms with E-state index in [9.17, 15) is 9.59 Å². The molecule has 0 aromatic heterocycles. The van der Waals surface area contributed by atoms with E-state index in [1.165, 1.54) is 0 Å². The van der Waals surface area contributed by atoms with E-state index in [1.807, 2.05) is 0 Å². The highest BCUT2D eigenvalue weighted by Crippen LogP contribution is 2.21. The van der Waals surface area contributed by atoms with E-state index in [-0.39, 0.29) is 6.10 Å². The van der Waals surface area contributed by atoms with Gasteiger partial charge in [-0.15, -0.1) is 0 Å². The van der Waals surface area contributed by atoms with Crippen LogP contribution in [-0.4, -0.2) is 25.2 Å². The van der Waals surface area contributed by atoms with Crippen LogP contribution < -0.4 is 0 Å². The summed E-state index contributed by atoms with van der Waals surface area (Å²) in [4.78, 5) is 21.2. The van der Waals surface area contributed by atoms with Gasteiger partial charge in [0.2, 0.25) is 0 Å². The van der Waals surface area contributed by atoms with Gasteiger partial charge in [-0.25, -0.2) is 9.59 Å². The number of carbonyl (C=O) groups is 2. The fourth-order valence-electron chi connectivity index (χ4n) is 0.771. The zero-order chi connectivity index (χ0) is 8.27. The summed E-state index contributed by atoms with van der Waals surface area (Å²) in [6, 6.07) is 0. The van der Waals surface area contributed by atoms with Gasteiger partial charge in [-0.05, 0) is 19.3 Å². The average Bonchev–Trinajstić information content (AvgIpc) is 1.94. The molecule has 1 rings (SSSR count). The van der Waals surface area contributed by atoms with Crippen molar-refractivity contribution >= 4 is 11.9 Å². The van der Waals surface area contributed by atoms with Crippen LogP contribution in [0.25, 0.3) is 0 Å². The van der Waals surface area contributed by atoms with E-state index in [0.717, 1.165) is 26.4 Å². The van der Waals surface area contributed by atoms with Crippen LogP contribution in [0, 0.1) is 0 Å². The van der Waals surface area contributed by atoms with Crippen molar-refractivity contribution in [2.45, 2.75) is 25.4 Å².